The highest BCUT2D eigenvalue weighted by Crippen LogP contribution is 2.36. The molecule has 27 heavy (non-hydrogen) atoms. The summed E-state index contributed by atoms with van der Waals surface area (Å²) in [6.07, 6.45) is 5.61. The van der Waals surface area contributed by atoms with Gasteiger partial charge in [0.2, 0.25) is 5.91 Å². The lowest BCUT2D eigenvalue weighted by Gasteiger charge is -2.06. The van der Waals surface area contributed by atoms with Crippen LogP contribution in [0.2, 0.25) is 0 Å². The van der Waals surface area contributed by atoms with E-state index >= 15 is 0 Å². The van der Waals surface area contributed by atoms with Gasteiger partial charge in [0, 0.05) is 17.3 Å². The van der Waals surface area contributed by atoms with Crippen molar-refractivity contribution in [2.75, 3.05) is 5.32 Å². The summed E-state index contributed by atoms with van der Waals surface area (Å²) in [5.74, 6) is 0.563. The Morgan fingerprint density at radius 3 is 2.81 bits per heavy atom. The van der Waals surface area contributed by atoms with E-state index in [0.29, 0.717) is 11.7 Å². The molecule has 0 spiro atoms. The average molecular weight is 359 g/mol. The number of carbonyl (C=O) groups excluding carboxylic acids is 1. The number of carbonyl (C=O) groups is 1. The van der Waals surface area contributed by atoms with Gasteiger partial charge < -0.3 is 5.32 Å². The Morgan fingerprint density at radius 2 is 2.04 bits per heavy atom. The van der Waals surface area contributed by atoms with Crippen LogP contribution in [0, 0.1) is 13.8 Å². The van der Waals surface area contributed by atoms with Crippen LogP contribution < -0.4 is 5.32 Å². The zero-order chi connectivity index (χ0) is 18.8. The van der Waals surface area contributed by atoms with Crippen molar-refractivity contribution in [1.82, 2.24) is 20.2 Å². The van der Waals surface area contributed by atoms with Gasteiger partial charge in [-0.25, -0.2) is 4.68 Å². The molecule has 3 aromatic rings. The van der Waals surface area contributed by atoms with Gasteiger partial charge >= 0.3 is 0 Å². The molecular formula is C21H21N5O. The highest BCUT2D eigenvalue weighted by molar-refractivity contribution is 6.02. The van der Waals surface area contributed by atoms with Gasteiger partial charge in [-0.05, 0) is 66.5 Å². The molecule has 1 heterocycles. The summed E-state index contributed by atoms with van der Waals surface area (Å²) in [5.41, 5.74) is 5.00. The molecule has 0 saturated heterocycles. The fourth-order valence-corrected chi connectivity index (χ4v) is 3.05. The highest BCUT2D eigenvalue weighted by atomic mass is 16.1. The first-order chi connectivity index (χ1) is 13.1. The summed E-state index contributed by atoms with van der Waals surface area (Å²) in [4.78, 5) is 12.3. The molecule has 1 fully saturated rings. The Morgan fingerprint density at radius 1 is 1.19 bits per heavy atom. The smallest absolute Gasteiger partial charge is 0.248 e. The van der Waals surface area contributed by atoms with E-state index < -0.39 is 0 Å². The lowest BCUT2D eigenvalue weighted by Crippen LogP contribution is -2.08. The minimum absolute atomic E-state index is 0.172. The molecule has 1 aliphatic rings. The maximum Gasteiger partial charge on any atom is 0.248 e. The van der Waals surface area contributed by atoms with Crippen LogP contribution in [0.5, 0.6) is 0 Å². The molecule has 1 N–H and O–H groups in total. The summed E-state index contributed by atoms with van der Waals surface area (Å²) in [6.45, 7) is 4.10. The van der Waals surface area contributed by atoms with E-state index in [4.69, 9.17) is 0 Å². The maximum absolute atomic E-state index is 12.3. The first kappa shape index (κ1) is 17.1. The minimum atomic E-state index is -0.172. The van der Waals surface area contributed by atoms with E-state index in [-0.39, 0.29) is 5.91 Å². The van der Waals surface area contributed by atoms with Crippen molar-refractivity contribution >= 4 is 17.7 Å². The third-order valence-electron chi connectivity index (χ3n) is 4.61. The van der Waals surface area contributed by atoms with Crippen LogP contribution in [0.3, 0.4) is 0 Å². The number of nitrogens with one attached hydrogen (secondary N) is 1. The van der Waals surface area contributed by atoms with Gasteiger partial charge in [-0.3, -0.25) is 4.79 Å². The average Bonchev–Trinajstić information content (AvgIpc) is 3.37. The molecule has 0 atom stereocenters. The fraction of sp³-hybridized carbons (Fsp3) is 0.238. The molecular weight excluding hydrogens is 338 g/mol. The highest BCUT2D eigenvalue weighted by Gasteiger charge is 2.28. The third-order valence-corrected chi connectivity index (χ3v) is 4.61. The fourth-order valence-electron chi connectivity index (χ4n) is 3.05. The number of nitrogens with zero attached hydrogens (tertiary/aromatic N) is 4. The molecule has 1 amide bonds. The third kappa shape index (κ3) is 3.95. The monoisotopic (exact) mass is 359 g/mol. The number of anilines is 1. The molecule has 1 aromatic heterocycles. The molecule has 1 saturated carbocycles. The SMILES string of the molecule is Cc1ccc(/C=C/C(=O)Nc2cccc(-c3nnnn3C3CC3)c2)c(C)c1. The van der Waals surface area contributed by atoms with Crippen molar-refractivity contribution < 1.29 is 4.79 Å². The summed E-state index contributed by atoms with van der Waals surface area (Å²) < 4.78 is 1.86. The maximum atomic E-state index is 12.3. The van der Waals surface area contributed by atoms with Crippen molar-refractivity contribution in [3.8, 4) is 11.4 Å². The lowest BCUT2D eigenvalue weighted by atomic mass is 10.1. The number of rotatable bonds is 5. The van der Waals surface area contributed by atoms with Crippen LogP contribution in [-0.2, 0) is 4.79 Å². The van der Waals surface area contributed by atoms with Gasteiger partial charge in [0.05, 0.1) is 6.04 Å². The van der Waals surface area contributed by atoms with Gasteiger partial charge in [-0.1, -0.05) is 35.9 Å². The summed E-state index contributed by atoms with van der Waals surface area (Å²) in [5, 5.41) is 14.9. The van der Waals surface area contributed by atoms with Crippen LogP contribution in [0.25, 0.3) is 17.5 Å². The molecule has 0 bridgehead atoms. The van der Waals surface area contributed by atoms with E-state index in [1.807, 2.05) is 54.1 Å². The van der Waals surface area contributed by atoms with Gasteiger partial charge in [0.25, 0.3) is 0 Å². The van der Waals surface area contributed by atoms with E-state index in [9.17, 15) is 4.79 Å². The Bertz CT molecular complexity index is 1020. The Kier molecular flexibility index (Phi) is 4.54. The van der Waals surface area contributed by atoms with Crippen LogP contribution in [0.1, 0.15) is 35.6 Å². The van der Waals surface area contributed by atoms with E-state index in [1.54, 1.807) is 6.08 Å². The summed E-state index contributed by atoms with van der Waals surface area (Å²) >= 11 is 0. The lowest BCUT2D eigenvalue weighted by molar-refractivity contribution is -0.111. The number of hydrogen-bond donors (Lipinski definition) is 1. The van der Waals surface area contributed by atoms with Crippen LogP contribution in [0.15, 0.2) is 48.5 Å². The second kappa shape index (κ2) is 7.15. The van der Waals surface area contributed by atoms with Crippen molar-refractivity contribution in [1.29, 1.82) is 0 Å². The Labute approximate surface area is 157 Å². The predicted octanol–water partition coefficient (Wildman–Crippen LogP) is 3.94. The molecule has 6 nitrogen and oxygen atoms in total. The number of hydrogen-bond acceptors (Lipinski definition) is 4. The number of aromatic nitrogens is 4. The van der Waals surface area contributed by atoms with Crippen molar-refractivity contribution in [3.05, 3.63) is 65.2 Å². The van der Waals surface area contributed by atoms with E-state index in [2.05, 4.69) is 33.8 Å². The zero-order valence-electron chi connectivity index (χ0n) is 15.4. The molecule has 6 heteroatoms. The minimum Gasteiger partial charge on any atom is -0.322 e. The Hall–Kier alpha value is -3.28. The first-order valence-corrected chi connectivity index (χ1v) is 9.05. The number of amides is 1. The molecule has 0 radical (unpaired) electrons. The molecule has 1 aliphatic carbocycles. The quantitative estimate of drug-likeness (QED) is 0.700. The number of tetrazole rings is 1. The molecule has 136 valence electrons. The van der Waals surface area contributed by atoms with Crippen LogP contribution in [0.4, 0.5) is 5.69 Å². The topological polar surface area (TPSA) is 72.7 Å². The van der Waals surface area contributed by atoms with Crippen molar-refractivity contribution in [2.45, 2.75) is 32.7 Å². The molecule has 4 rings (SSSR count). The predicted molar refractivity (Wildman–Crippen MR) is 105 cm³/mol. The Balaban J connectivity index is 1.48. The zero-order valence-corrected chi connectivity index (χ0v) is 15.4. The van der Waals surface area contributed by atoms with Gasteiger partial charge in [0.1, 0.15) is 0 Å². The number of benzene rings is 2. The van der Waals surface area contributed by atoms with Crippen molar-refractivity contribution in [3.63, 3.8) is 0 Å². The van der Waals surface area contributed by atoms with Crippen LogP contribution in [-0.4, -0.2) is 26.1 Å². The summed E-state index contributed by atoms with van der Waals surface area (Å²) in [6, 6.07) is 14.2. The molecule has 0 unspecified atom stereocenters. The second-order valence-corrected chi connectivity index (χ2v) is 6.94. The van der Waals surface area contributed by atoms with Gasteiger partial charge in [-0.15, -0.1) is 5.10 Å². The standard InChI is InChI=1S/C21H21N5O/c1-14-6-7-16(15(2)12-14)8-11-20(27)22-18-5-3-4-17(13-18)21-23-24-25-26(21)19-9-10-19/h3-8,11-13,19H,9-10H2,1-2H3,(H,22,27)/b11-8+. The first-order valence-electron chi connectivity index (χ1n) is 9.05. The molecule has 0 aliphatic heterocycles. The van der Waals surface area contributed by atoms with E-state index in [1.165, 1.54) is 5.56 Å². The van der Waals surface area contributed by atoms with Gasteiger partial charge in [0.15, 0.2) is 5.82 Å². The van der Waals surface area contributed by atoms with Crippen molar-refractivity contribution in [2.24, 2.45) is 0 Å². The largest absolute Gasteiger partial charge is 0.322 e. The second-order valence-electron chi connectivity index (χ2n) is 6.94. The number of aryl methyl sites for hydroxylation is 2. The summed E-state index contributed by atoms with van der Waals surface area (Å²) in [7, 11) is 0. The van der Waals surface area contributed by atoms with Gasteiger partial charge in [-0.2, -0.15) is 0 Å². The van der Waals surface area contributed by atoms with E-state index in [0.717, 1.165) is 35.4 Å². The normalized spacial score (nSPS) is 13.9. The molecule has 2 aromatic carbocycles. The van der Waals surface area contributed by atoms with Crippen LogP contribution >= 0.6 is 0 Å².